The van der Waals surface area contributed by atoms with Crippen LogP contribution < -0.4 is 5.73 Å². The van der Waals surface area contributed by atoms with E-state index in [1.807, 2.05) is 0 Å². The number of carbonyl (C=O) groups excluding carboxylic acids is 1. The molecule has 2 N–H and O–H groups in total. The fraction of sp³-hybridized carbons (Fsp3) is 0.941. The second-order valence-electron chi connectivity index (χ2n) is 6.84. The van der Waals surface area contributed by atoms with E-state index in [9.17, 15) is 4.79 Å². The fourth-order valence-electron chi connectivity index (χ4n) is 3.73. The molecule has 0 spiro atoms. The van der Waals surface area contributed by atoms with E-state index < -0.39 is 0 Å². The number of morpholine rings is 1. The summed E-state index contributed by atoms with van der Waals surface area (Å²) in [5.41, 5.74) is 5.59. The van der Waals surface area contributed by atoms with Crippen LogP contribution in [0.1, 0.15) is 39.5 Å². The molecule has 0 unspecified atom stereocenters. The molecule has 0 saturated carbocycles. The van der Waals surface area contributed by atoms with Gasteiger partial charge in [0.15, 0.2) is 0 Å². The van der Waals surface area contributed by atoms with Gasteiger partial charge in [0.25, 0.3) is 0 Å². The van der Waals surface area contributed by atoms with Gasteiger partial charge in [-0.15, -0.1) is 0 Å². The minimum Gasteiger partial charge on any atom is -0.379 e. The fourth-order valence-corrected chi connectivity index (χ4v) is 3.73. The van der Waals surface area contributed by atoms with Crippen molar-refractivity contribution in [3.05, 3.63) is 0 Å². The summed E-state index contributed by atoms with van der Waals surface area (Å²) in [7, 11) is 0. The van der Waals surface area contributed by atoms with Crippen LogP contribution in [0.25, 0.3) is 0 Å². The maximum atomic E-state index is 12.8. The Morgan fingerprint density at radius 1 is 1.14 bits per heavy atom. The monoisotopic (exact) mass is 311 g/mol. The number of rotatable bonds is 6. The highest BCUT2D eigenvalue weighted by molar-refractivity contribution is 5.83. The number of amides is 1. The quantitative estimate of drug-likeness (QED) is 0.804. The Kier molecular flexibility index (Phi) is 6.66. The van der Waals surface area contributed by atoms with Gasteiger partial charge in [-0.05, 0) is 31.6 Å². The summed E-state index contributed by atoms with van der Waals surface area (Å²) in [4.78, 5) is 17.4. The molecular formula is C17H33N3O2. The average Bonchev–Trinajstić information content (AvgIpc) is 2.58. The molecule has 0 aromatic carbocycles. The van der Waals surface area contributed by atoms with Gasteiger partial charge >= 0.3 is 0 Å². The zero-order valence-corrected chi connectivity index (χ0v) is 14.4. The van der Waals surface area contributed by atoms with Crippen LogP contribution in [-0.2, 0) is 9.53 Å². The third-order valence-electron chi connectivity index (χ3n) is 5.72. The molecule has 2 aliphatic rings. The van der Waals surface area contributed by atoms with Crippen molar-refractivity contribution in [1.29, 1.82) is 0 Å². The van der Waals surface area contributed by atoms with Crippen molar-refractivity contribution in [1.82, 2.24) is 9.80 Å². The van der Waals surface area contributed by atoms with Crippen LogP contribution in [0.15, 0.2) is 0 Å². The van der Waals surface area contributed by atoms with Crippen LogP contribution in [0.5, 0.6) is 0 Å². The molecule has 2 heterocycles. The molecule has 0 aromatic rings. The lowest BCUT2D eigenvalue weighted by Crippen LogP contribution is -2.51. The third kappa shape index (κ3) is 4.00. The summed E-state index contributed by atoms with van der Waals surface area (Å²) in [5.74, 6) is 1.00. The molecule has 0 aromatic heterocycles. The number of nitrogens with two attached hydrogens (primary N) is 1. The maximum absolute atomic E-state index is 12.8. The lowest BCUT2D eigenvalue weighted by atomic mass is 9.80. The highest BCUT2D eigenvalue weighted by Crippen LogP contribution is 2.30. The van der Waals surface area contributed by atoms with Gasteiger partial charge in [0.05, 0.1) is 18.6 Å². The van der Waals surface area contributed by atoms with Gasteiger partial charge in [-0.2, -0.15) is 0 Å². The summed E-state index contributed by atoms with van der Waals surface area (Å²) in [5, 5.41) is 0. The number of hydrogen-bond acceptors (Lipinski definition) is 4. The first-order chi connectivity index (χ1) is 10.6. The van der Waals surface area contributed by atoms with Crippen LogP contribution >= 0.6 is 0 Å². The minimum atomic E-state index is -0.336. The van der Waals surface area contributed by atoms with Crippen molar-refractivity contribution < 1.29 is 9.53 Å². The predicted octanol–water partition coefficient (Wildman–Crippen LogP) is 1.32. The van der Waals surface area contributed by atoms with E-state index in [0.29, 0.717) is 6.54 Å². The van der Waals surface area contributed by atoms with Crippen LogP contribution in [0.4, 0.5) is 0 Å². The van der Waals surface area contributed by atoms with E-state index >= 15 is 0 Å². The second-order valence-corrected chi connectivity index (χ2v) is 6.84. The number of nitrogens with zero attached hydrogens (tertiary/aromatic N) is 2. The van der Waals surface area contributed by atoms with E-state index in [1.54, 1.807) is 0 Å². The van der Waals surface area contributed by atoms with Gasteiger partial charge in [-0.1, -0.05) is 13.8 Å². The smallest absolute Gasteiger partial charge is 0.230 e. The van der Waals surface area contributed by atoms with Crippen molar-refractivity contribution in [3.8, 4) is 0 Å². The van der Waals surface area contributed by atoms with Gasteiger partial charge in [-0.3, -0.25) is 9.69 Å². The summed E-state index contributed by atoms with van der Waals surface area (Å²) >= 11 is 0. The Bertz CT molecular complexity index is 336. The Labute approximate surface area is 135 Å². The summed E-state index contributed by atoms with van der Waals surface area (Å²) in [6.45, 7) is 11.4. The molecule has 5 heteroatoms. The molecule has 2 fully saturated rings. The van der Waals surface area contributed by atoms with Gasteiger partial charge < -0.3 is 15.4 Å². The maximum Gasteiger partial charge on any atom is 0.230 e. The van der Waals surface area contributed by atoms with Crippen molar-refractivity contribution >= 4 is 5.91 Å². The SMILES string of the molecule is CCC(CC)(CN)C(=O)N1CCC(CN2CCOCC2)CC1. The predicted molar refractivity (Wildman–Crippen MR) is 88.6 cm³/mol. The number of hydrogen-bond donors (Lipinski definition) is 1. The first-order valence-electron chi connectivity index (χ1n) is 8.94. The highest BCUT2D eigenvalue weighted by Gasteiger charge is 2.38. The second kappa shape index (κ2) is 8.27. The van der Waals surface area contributed by atoms with Crippen molar-refractivity contribution in [2.75, 3.05) is 52.5 Å². The summed E-state index contributed by atoms with van der Waals surface area (Å²) < 4.78 is 5.41. The Balaban J connectivity index is 1.82. The molecule has 0 atom stereocenters. The molecule has 2 saturated heterocycles. The van der Waals surface area contributed by atoms with Crippen LogP contribution in [0.3, 0.4) is 0 Å². The topological polar surface area (TPSA) is 58.8 Å². The molecule has 0 bridgehead atoms. The first kappa shape index (κ1) is 17.7. The van der Waals surface area contributed by atoms with E-state index in [4.69, 9.17) is 10.5 Å². The van der Waals surface area contributed by atoms with Crippen LogP contribution in [0, 0.1) is 11.3 Å². The molecule has 2 aliphatic heterocycles. The molecule has 0 radical (unpaired) electrons. The Hall–Kier alpha value is -0.650. The van der Waals surface area contributed by atoms with Crippen molar-refractivity contribution in [2.45, 2.75) is 39.5 Å². The van der Waals surface area contributed by atoms with Gasteiger partial charge in [0.1, 0.15) is 0 Å². The number of piperidine rings is 1. The number of likely N-dealkylation sites (tertiary alicyclic amines) is 1. The van der Waals surface area contributed by atoms with E-state index in [2.05, 4.69) is 23.6 Å². The molecule has 2 rings (SSSR count). The van der Waals surface area contributed by atoms with E-state index in [0.717, 1.165) is 77.5 Å². The molecular weight excluding hydrogens is 278 g/mol. The molecule has 22 heavy (non-hydrogen) atoms. The normalized spacial score (nSPS) is 22.0. The lowest BCUT2D eigenvalue weighted by molar-refractivity contribution is -0.143. The van der Waals surface area contributed by atoms with Gasteiger partial charge in [0.2, 0.25) is 5.91 Å². The lowest BCUT2D eigenvalue weighted by Gasteiger charge is -2.40. The number of carbonyl (C=O) groups is 1. The van der Waals surface area contributed by atoms with Crippen molar-refractivity contribution in [3.63, 3.8) is 0 Å². The van der Waals surface area contributed by atoms with Gasteiger partial charge in [-0.25, -0.2) is 0 Å². The zero-order chi connectivity index (χ0) is 16.0. The highest BCUT2D eigenvalue weighted by atomic mass is 16.5. The molecule has 0 aliphatic carbocycles. The van der Waals surface area contributed by atoms with Crippen LogP contribution in [0.2, 0.25) is 0 Å². The molecule has 1 amide bonds. The Morgan fingerprint density at radius 3 is 2.23 bits per heavy atom. The van der Waals surface area contributed by atoms with Crippen molar-refractivity contribution in [2.24, 2.45) is 17.1 Å². The number of ether oxygens (including phenoxy) is 1. The third-order valence-corrected chi connectivity index (χ3v) is 5.72. The van der Waals surface area contributed by atoms with Gasteiger partial charge in [0, 0.05) is 39.3 Å². The minimum absolute atomic E-state index is 0.282. The Morgan fingerprint density at radius 2 is 1.73 bits per heavy atom. The summed E-state index contributed by atoms with van der Waals surface area (Å²) in [6, 6.07) is 0. The molecule has 5 nitrogen and oxygen atoms in total. The molecule has 128 valence electrons. The largest absolute Gasteiger partial charge is 0.379 e. The zero-order valence-electron chi connectivity index (χ0n) is 14.4. The van der Waals surface area contributed by atoms with E-state index in [-0.39, 0.29) is 11.3 Å². The standard InChI is InChI=1S/C17H33N3O2/c1-3-17(4-2,14-18)16(21)20-7-5-15(6-8-20)13-19-9-11-22-12-10-19/h15H,3-14,18H2,1-2H3. The first-order valence-corrected chi connectivity index (χ1v) is 8.94. The van der Waals surface area contributed by atoms with E-state index in [1.165, 1.54) is 0 Å². The summed E-state index contributed by atoms with van der Waals surface area (Å²) in [6.07, 6.45) is 3.92. The van der Waals surface area contributed by atoms with Crippen LogP contribution in [-0.4, -0.2) is 68.2 Å². The average molecular weight is 311 g/mol.